The number of carboxylic acids is 1. The van der Waals surface area contributed by atoms with Crippen LogP contribution in [0.15, 0.2) is 12.7 Å². The van der Waals surface area contributed by atoms with E-state index in [1.54, 1.807) is 13.8 Å². The van der Waals surface area contributed by atoms with Gasteiger partial charge in [0.25, 0.3) is 0 Å². The van der Waals surface area contributed by atoms with E-state index in [4.69, 9.17) is 24.7 Å². The zero-order valence-corrected chi connectivity index (χ0v) is 36.4. The Balaban J connectivity index is 0.000000181. The first kappa shape index (κ1) is 44.9. The molecule has 24 nitrogen and oxygen atoms in total. The van der Waals surface area contributed by atoms with Crippen LogP contribution in [0.1, 0.15) is 80.0 Å². The van der Waals surface area contributed by atoms with Crippen molar-refractivity contribution in [2.24, 2.45) is 0 Å². The molecule has 0 bridgehead atoms. The normalized spacial score (nSPS) is 21.0. The van der Waals surface area contributed by atoms with Crippen LogP contribution in [0.5, 0.6) is 11.5 Å². The van der Waals surface area contributed by atoms with Crippen LogP contribution in [0.2, 0.25) is 0 Å². The van der Waals surface area contributed by atoms with Crippen molar-refractivity contribution in [2.45, 2.75) is 81.6 Å². The number of carbonyl (C=O) groups excluding carboxylic acids is 1. The average molecular weight is 892 g/mol. The van der Waals surface area contributed by atoms with E-state index in [2.05, 4.69) is 50.3 Å². The second-order valence-corrected chi connectivity index (χ2v) is 21.0. The molecule has 8 heterocycles. The summed E-state index contributed by atoms with van der Waals surface area (Å²) in [6.45, 7) is 12.4. The minimum absolute atomic E-state index is 0.0206. The Kier molecular flexibility index (Phi) is 12.6. The zero-order chi connectivity index (χ0) is 44.7. The van der Waals surface area contributed by atoms with E-state index in [-0.39, 0.29) is 53.5 Å². The molecule has 4 aliphatic heterocycles. The molecule has 4 atom stereocenters. The molecule has 0 aromatic carbocycles. The third-order valence-electron chi connectivity index (χ3n) is 10.8. The summed E-state index contributed by atoms with van der Waals surface area (Å²) in [6, 6.07) is -0.260. The number of ether oxygens (including phenoxy) is 4. The highest BCUT2D eigenvalue weighted by Gasteiger charge is 2.46. The average Bonchev–Trinajstić information content (AvgIpc) is 3.90. The minimum Gasteiger partial charge on any atom is -0.486 e. The summed E-state index contributed by atoms with van der Waals surface area (Å²) >= 11 is 0. The number of aromatic amines is 2. The number of nitrogens with zero attached hydrogens (tertiary/aromatic N) is 10. The molecule has 0 radical (unpaired) electrons. The third-order valence-corrected chi connectivity index (χ3v) is 14.9. The van der Waals surface area contributed by atoms with E-state index in [1.165, 1.54) is 26.5 Å². The molecule has 5 N–H and O–H groups in total. The standard InChI is InChI=1S/C18H24N6O5S.C15H21N3O6S.C2H4N4/c1-10-6-28-7-11-8-29-14-15(18(2,3)30(4,26)27)21-16(22-17(14)24(10)11)12(25)5-13-19-9-20-23-13;1-8-5-23-6-9-7-24-10-11(15(2,3)25(4,21)22)16-12(14(19)20)17-13(10)18(8)9;3-2-4-1-5-6-2/h9-11H,5-8H2,1-4H3,(H,19,20,23);8-9H,5-7H2,1-4H3,(H,19,20);1H,(H3,3,4,5,6)/t10-,11+;8-,9+;/m11./s1. The zero-order valence-electron chi connectivity index (χ0n) is 34.8. The summed E-state index contributed by atoms with van der Waals surface area (Å²) in [6.07, 6.45) is 4.81. The fraction of sp³-hybridized carbons (Fsp3) is 0.600. The largest absolute Gasteiger partial charge is 0.486 e. The summed E-state index contributed by atoms with van der Waals surface area (Å²) in [5.74, 6) is -0.269. The highest BCUT2D eigenvalue weighted by atomic mass is 32.2. The Morgan fingerprint density at radius 1 is 0.738 bits per heavy atom. The molecule has 8 rings (SSSR count). The van der Waals surface area contributed by atoms with Crippen LogP contribution >= 0.6 is 0 Å². The lowest BCUT2D eigenvalue weighted by Crippen LogP contribution is -2.56. The monoisotopic (exact) mass is 891 g/mol. The fourth-order valence-corrected chi connectivity index (χ4v) is 7.79. The number of carbonyl (C=O) groups is 2. The number of nitrogens with two attached hydrogens (primary N) is 1. The molecular weight excluding hydrogens is 843 g/mol. The molecule has 4 aromatic rings. The number of nitrogens with one attached hydrogen (secondary N) is 2. The van der Waals surface area contributed by atoms with E-state index in [1.807, 2.05) is 23.6 Å². The number of Topliss-reactive ketones (excluding diaryl/α,β-unsaturated/α-hetero) is 1. The van der Waals surface area contributed by atoms with Crippen molar-refractivity contribution >= 4 is 49.0 Å². The topological polar surface area (TPSA) is 327 Å². The van der Waals surface area contributed by atoms with Gasteiger partial charge in [0.15, 0.2) is 48.6 Å². The maximum atomic E-state index is 12.9. The van der Waals surface area contributed by atoms with Gasteiger partial charge >= 0.3 is 5.97 Å². The molecular formula is C35H49N13O11S2. The number of nitrogen functional groups attached to an aromatic ring is 1. The first-order valence-corrected chi connectivity index (χ1v) is 22.7. The SMILES string of the molecule is C[C@@H]1COC[C@H]2COc3c(nc(C(=O)Cc4ncn[nH]4)nc3C(C)(C)S(C)(=O)=O)N21.C[C@@H]1COC[C@H]2COc3c(nc(C(=O)O)nc3C(C)(C)S(C)(=O)=O)N21.Nc1ncn[nH]1. The number of fused-ring (bicyclic) bond motifs is 6. The van der Waals surface area contributed by atoms with Crippen LogP contribution in [0.3, 0.4) is 0 Å². The summed E-state index contributed by atoms with van der Waals surface area (Å²) in [4.78, 5) is 52.9. The Morgan fingerprint density at radius 3 is 1.59 bits per heavy atom. The molecule has 2 fully saturated rings. The molecule has 2 saturated heterocycles. The van der Waals surface area contributed by atoms with Gasteiger partial charge in [-0.25, -0.2) is 56.6 Å². The van der Waals surface area contributed by atoms with Gasteiger partial charge in [-0.05, 0) is 41.5 Å². The van der Waals surface area contributed by atoms with Gasteiger partial charge in [-0.15, -0.1) is 0 Å². The van der Waals surface area contributed by atoms with Gasteiger partial charge in [-0.3, -0.25) is 9.89 Å². The number of rotatable bonds is 8. The first-order valence-electron chi connectivity index (χ1n) is 19.0. The van der Waals surface area contributed by atoms with Crippen LogP contribution in [0, 0.1) is 0 Å². The summed E-state index contributed by atoms with van der Waals surface area (Å²) in [5, 5.41) is 21.6. The number of aromatic carboxylic acids is 1. The van der Waals surface area contributed by atoms with Crippen molar-refractivity contribution in [2.75, 3.05) is 67.7 Å². The molecule has 0 aliphatic carbocycles. The second kappa shape index (κ2) is 17.0. The van der Waals surface area contributed by atoms with Crippen molar-refractivity contribution in [3.63, 3.8) is 0 Å². The fourth-order valence-electron chi connectivity index (χ4n) is 6.81. The first-order chi connectivity index (χ1) is 28.5. The summed E-state index contributed by atoms with van der Waals surface area (Å²) < 4.78 is 69.7. The molecule has 4 aromatic heterocycles. The van der Waals surface area contributed by atoms with Crippen LogP contribution in [0.25, 0.3) is 0 Å². The number of H-pyrrole nitrogens is 2. The number of carboxylic acid groups (broad SMARTS) is 1. The Bertz CT molecular complexity index is 2470. The maximum Gasteiger partial charge on any atom is 0.374 e. The van der Waals surface area contributed by atoms with E-state index in [9.17, 15) is 31.5 Å². The predicted molar refractivity (Wildman–Crippen MR) is 216 cm³/mol. The number of sulfone groups is 2. The Hall–Kier alpha value is -5.60. The molecule has 0 saturated carbocycles. The second-order valence-electron chi connectivity index (χ2n) is 15.9. The molecule has 0 amide bonds. The molecule has 61 heavy (non-hydrogen) atoms. The van der Waals surface area contributed by atoms with Crippen LogP contribution < -0.4 is 25.0 Å². The number of aromatic nitrogens is 10. The lowest BCUT2D eigenvalue weighted by molar-refractivity contribution is 0.0479. The quantitative estimate of drug-likeness (QED) is 0.171. The van der Waals surface area contributed by atoms with Gasteiger partial charge in [0.2, 0.25) is 17.6 Å². The third kappa shape index (κ3) is 9.06. The predicted octanol–water partition coefficient (Wildman–Crippen LogP) is 0.113. The van der Waals surface area contributed by atoms with E-state index >= 15 is 0 Å². The van der Waals surface area contributed by atoms with Gasteiger partial charge in [0.1, 0.15) is 52.6 Å². The van der Waals surface area contributed by atoms with E-state index in [0.717, 1.165) is 12.5 Å². The van der Waals surface area contributed by atoms with Gasteiger partial charge in [0.05, 0.1) is 57.0 Å². The van der Waals surface area contributed by atoms with Crippen LogP contribution in [-0.4, -0.2) is 160 Å². The number of morpholine rings is 2. The van der Waals surface area contributed by atoms with E-state index in [0.29, 0.717) is 68.8 Å². The van der Waals surface area contributed by atoms with Crippen molar-refractivity contribution in [3.05, 3.63) is 41.5 Å². The molecule has 332 valence electrons. The smallest absolute Gasteiger partial charge is 0.374 e. The van der Waals surface area contributed by atoms with Crippen molar-refractivity contribution in [3.8, 4) is 11.5 Å². The van der Waals surface area contributed by atoms with E-state index < -0.39 is 46.7 Å². The number of hydrogen-bond donors (Lipinski definition) is 4. The Labute approximate surface area is 351 Å². The number of hydrogen-bond acceptors (Lipinski definition) is 21. The van der Waals surface area contributed by atoms with Crippen LogP contribution in [-0.2, 0) is 45.1 Å². The highest BCUT2D eigenvalue weighted by Crippen LogP contribution is 2.45. The van der Waals surface area contributed by atoms with Gasteiger partial charge in [-0.2, -0.15) is 10.2 Å². The molecule has 0 unspecified atom stereocenters. The minimum atomic E-state index is -3.58. The van der Waals surface area contributed by atoms with Crippen LogP contribution in [0.4, 0.5) is 17.6 Å². The molecule has 26 heteroatoms. The molecule has 0 spiro atoms. The number of ketones is 1. The van der Waals surface area contributed by atoms with Crippen molar-refractivity contribution in [1.82, 2.24) is 50.3 Å². The lowest BCUT2D eigenvalue weighted by atomic mass is 10.0. The van der Waals surface area contributed by atoms with Crippen molar-refractivity contribution in [1.29, 1.82) is 0 Å². The van der Waals surface area contributed by atoms with Gasteiger partial charge < -0.3 is 39.6 Å². The highest BCUT2D eigenvalue weighted by molar-refractivity contribution is 7.91. The molecule has 4 aliphatic rings. The summed E-state index contributed by atoms with van der Waals surface area (Å²) in [5.41, 5.74) is 5.29. The van der Waals surface area contributed by atoms with Gasteiger partial charge in [-0.1, -0.05) is 0 Å². The van der Waals surface area contributed by atoms with Gasteiger partial charge in [0, 0.05) is 12.5 Å². The van der Waals surface area contributed by atoms with Crippen molar-refractivity contribution < 1.29 is 50.5 Å². The number of anilines is 3. The summed E-state index contributed by atoms with van der Waals surface area (Å²) in [7, 11) is -7.16. The maximum absolute atomic E-state index is 12.9. The lowest BCUT2D eigenvalue weighted by Gasteiger charge is -2.45. The Morgan fingerprint density at radius 2 is 1.20 bits per heavy atom.